The lowest BCUT2D eigenvalue weighted by Crippen LogP contribution is -2.29. The normalized spacial score (nSPS) is 12.0. The first kappa shape index (κ1) is 39.3. The number of hydrazone groups is 4. The van der Waals surface area contributed by atoms with Crippen LogP contribution in [0.15, 0.2) is 56.8 Å². The van der Waals surface area contributed by atoms with Gasteiger partial charge in [-0.3, -0.25) is 31.2 Å². The summed E-state index contributed by atoms with van der Waals surface area (Å²) < 4.78 is 0. The Labute approximate surface area is 288 Å². The first-order chi connectivity index (χ1) is 23.5. The number of Topliss-reactive ketones (excluding diaryl/α,β-unsaturated/α-hetero) is 2. The van der Waals surface area contributed by atoms with Gasteiger partial charge in [0.15, 0.2) is 11.6 Å². The molecule has 0 aromatic heterocycles. The predicted molar refractivity (Wildman–Crippen MR) is 198 cm³/mol. The molecule has 0 atom stereocenters. The van der Waals surface area contributed by atoms with E-state index in [1.807, 2.05) is 0 Å². The van der Waals surface area contributed by atoms with E-state index in [0.29, 0.717) is 82.4 Å². The van der Waals surface area contributed by atoms with E-state index in [2.05, 4.69) is 52.7 Å². The van der Waals surface area contributed by atoms with E-state index in [-0.39, 0.29) is 35.4 Å². The molecule has 0 bridgehead atoms. The minimum atomic E-state index is -0.378. The number of carbonyl (C=O) groups excluding carboxylic acids is 2. The second-order valence-electron chi connectivity index (χ2n) is 10.8. The van der Waals surface area contributed by atoms with Crippen molar-refractivity contribution in [3.05, 3.63) is 58.7 Å². The van der Waals surface area contributed by atoms with E-state index in [4.69, 9.17) is 44.6 Å². The SMILES string of the molecule is CC(=O)c1cc(NC(CCCCC(=NNC(=N)N)Nc2cc(C(C)=NNC(=N)N)cc(C(C)=NNC(=N)N)c2)=NNC(=N)N)cc(C(C)=O)c1. The van der Waals surface area contributed by atoms with Crippen LogP contribution in [0.4, 0.5) is 11.4 Å². The van der Waals surface area contributed by atoms with Crippen molar-refractivity contribution < 1.29 is 9.59 Å². The van der Waals surface area contributed by atoms with Crippen LogP contribution in [0.2, 0.25) is 0 Å². The summed E-state index contributed by atoms with van der Waals surface area (Å²) in [4.78, 5) is 24.1. The lowest BCUT2D eigenvalue weighted by atomic mass is 10.0. The molecule has 0 saturated carbocycles. The third kappa shape index (κ3) is 14.3. The number of rotatable bonds is 15. The zero-order valence-corrected chi connectivity index (χ0v) is 28.2. The Balaban J connectivity index is 2.34. The second-order valence-corrected chi connectivity index (χ2v) is 10.8. The number of carbonyl (C=O) groups is 2. The van der Waals surface area contributed by atoms with Gasteiger partial charge in [0.25, 0.3) is 0 Å². The van der Waals surface area contributed by atoms with Crippen molar-refractivity contribution in [2.24, 2.45) is 43.3 Å². The van der Waals surface area contributed by atoms with Crippen molar-refractivity contribution in [3.8, 4) is 0 Å². The first-order valence-electron chi connectivity index (χ1n) is 15.0. The van der Waals surface area contributed by atoms with Gasteiger partial charge in [-0.05, 0) is 76.9 Å². The van der Waals surface area contributed by atoms with Crippen molar-refractivity contribution in [2.75, 3.05) is 10.6 Å². The molecule has 0 heterocycles. The molecular formula is C30H44N18O2. The number of unbranched alkanes of at least 4 members (excludes halogenated alkanes) is 1. The molecule has 20 heteroatoms. The van der Waals surface area contributed by atoms with E-state index < -0.39 is 0 Å². The Morgan fingerprint density at radius 2 is 0.820 bits per heavy atom. The van der Waals surface area contributed by atoms with E-state index >= 15 is 0 Å². The second kappa shape index (κ2) is 19.1. The van der Waals surface area contributed by atoms with Crippen molar-refractivity contribution in [2.45, 2.75) is 53.4 Å². The van der Waals surface area contributed by atoms with Gasteiger partial charge in [-0.15, -0.1) is 0 Å². The van der Waals surface area contributed by atoms with Crippen LogP contribution in [-0.4, -0.2) is 58.5 Å². The molecule has 0 aliphatic heterocycles. The number of nitrogens with two attached hydrogens (primary N) is 4. The largest absolute Gasteiger partial charge is 0.369 e. The Kier molecular flexibility index (Phi) is 15.0. The average molecular weight is 689 g/mol. The van der Waals surface area contributed by atoms with Crippen LogP contribution in [0, 0.1) is 21.6 Å². The number of hydrogen-bond donors (Lipinski definition) is 14. The zero-order chi connectivity index (χ0) is 37.4. The van der Waals surface area contributed by atoms with Gasteiger partial charge in [0.2, 0.25) is 23.8 Å². The molecule has 0 amide bonds. The van der Waals surface area contributed by atoms with Crippen LogP contribution in [0.5, 0.6) is 0 Å². The van der Waals surface area contributed by atoms with Crippen molar-refractivity contribution in [3.63, 3.8) is 0 Å². The van der Waals surface area contributed by atoms with Crippen molar-refractivity contribution in [1.29, 1.82) is 21.6 Å². The van der Waals surface area contributed by atoms with Crippen LogP contribution in [0.25, 0.3) is 0 Å². The van der Waals surface area contributed by atoms with Crippen LogP contribution in [0.1, 0.15) is 85.2 Å². The van der Waals surface area contributed by atoms with Crippen molar-refractivity contribution >= 4 is 69.9 Å². The Hall–Kier alpha value is -6.86. The lowest BCUT2D eigenvalue weighted by Gasteiger charge is -2.15. The highest BCUT2D eigenvalue weighted by Gasteiger charge is 2.12. The molecule has 2 aromatic carbocycles. The molecule has 0 unspecified atom stereocenters. The summed E-state index contributed by atoms with van der Waals surface area (Å²) in [6.45, 7) is 6.25. The summed E-state index contributed by atoms with van der Waals surface area (Å²) >= 11 is 0. The summed E-state index contributed by atoms with van der Waals surface area (Å²) in [6.07, 6.45) is 1.84. The molecule has 0 aliphatic carbocycles. The minimum absolute atomic E-state index is 0.210. The molecule has 50 heavy (non-hydrogen) atoms. The standard InChI is InChI=1S/C30H44N18O2/c1-15(41-45-27(31)32)19-9-20(16(2)42-46-28(33)34)12-23(11-19)39-25(43-47-29(35)36)7-5-6-8-26(44-48-30(37)38)40-24-13-21(17(3)49)10-22(14-24)18(4)50/h9-14H,5-8H2,1-4H3,(H,39,43)(H,40,44)(H4,31,32,45)(H4,33,34,46)(H4,35,36,47)(H4,37,38,48). The molecule has 2 aromatic rings. The minimum Gasteiger partial charge on any atom is -0.369 e. The molecule has 266 valence electrons. The number of guanidine groups is 4. The average Bonchev–Trinajstić information content (AvgIpc) is 3.04. The smallest absolute Gasteiger partial charge is 0.206 e. The Bertz CT molecular complexity index is 1680. The highest BCUT2D eigenvalue weighted by molar-refractivity contribution is 6.07. The summed E-state index contributed by atoms with van der Waals surface area (Å²) in [5, 5.41) is 52.9. The number of hydrogen-bond acceptors (Lipinski definition) is 10. The number of nitrogens with one attached hydrogen (secondary N) is 10. The quantitative estimate of drug-likeness (QED) is 0.0412. The predicted octanol–water partition coefficient (Wildman–Crippen LogP) is 1.18. The van der Waals surface area contributed by atoms with Crippen LogP contribution in [-0.2, 0) is 0 Å². The summed E-state index contributed by atoms with van der Waals surface area (Å²) in [6, 6.07) is 10.1. The summed E-state index contributed by atoms with van der Waals surface area (Å²) in [5.41, 5.74) is 35.4. The van der Waals surface area contributed by atoms with Crippen LogP contribution < -0.4 is 55.3 Å². The van der Waals surface area contributed by atoms with Gasteiger partial charge in [0.05, 0.1) is 11.4 Å². The molecule has 0 aliphatic rings. The topological polar surface area (TPSA) is 355 Å². The van der Waals surface area contributed by atoms with Gasteiger partial charge >= 0.3 is 0 Å². The Morgan fingerprint density at radius 3 is 1.14 bits per heavy atom. The third-order valence-electron chi connectivity index (χ3n) is 6.48. The molecule has 0 radical (unpaired) electrons. The van der Waals surface area contributed by atoms with E-state index in [9.17, 15) is 9.59 Å². The molecule has 0 fully saturated rings. The number of amidine groups is 2. The van der Waals surface area contributed by atoms with Gasteiger partial charge in [-0.2, -0.15) is 20.4 Å². The first-order valence-corrected chi connectivity index (χ1v) is 15.0. The number of anilines is 2. The maximum Gasteiger partial charge on any atom is 0.206 e. The van der Waals surface area contributed by atoms with E-state index in [1.165, 1.54) is 19.9 Å². The van der Waals surface area contributed by atoms with E-state index in [0.717, 1.165) is 0 Å². The highest BCUT2D eigenvalue weighted by Crippen LogP contribution is 2.20. The fourth-order valence-corrected chi connectivity index (χ4v) is 4.11. The molecule has 0 saturated heterocycles. The van der Waals surface area contributed by atoms with Gasteiger partial charge in [-0.1, -0.05) is 0 Å². The maximum absolute atomic E-state index is 12.1. The maximum atomic E-state index is 12.1. The van der Waals surface area contributed by atoms with Gasteiger partial charge in [-0.25, -0.2) is 21.7 Å². The molecular weight excluding hydrogens is 644 g/mol. The number of ketones is 2. The van der Waals surface area contributed by atoms with Crippen molar-refractivity contribution in [1.82, 2.24) is 21.7 Å². The fourth-order valence-electron chi connectivity index (χ4n) is 4.11. The van der Waals surface area contributed by atoms with Gasteiger partial charge in [0, 0.05) is 46.5 Å². The van der Waals surface area contributed by atoms with Crippen LogP contribution in [0.3, 0.4) is 0 Å². The van der Waals surface area contributed by atoms with Crippen LogP contribution >= 0.6 is 0 Å². The Morgan fingerprint density at radius 1 is 0.520 bits per heavy atom. The number of nitrogens with zero attached hydrogens (tertiary/aromatic N) is 4. The molecule has 0 spiro atoms. The third-order valence-corrected chi connectivity index (χ3v) is 6.48. The summed E-state index contributed by atoms with van der Waals surface area (Å²) in [5.74, 6) is -1.03. The van der Waals surface area contributed by atoms with Gasteiger partial charge in [0.1, 0.15) is 11.7 Å². The zero-order valence-electron chi connectivity index (χ0n) is 28.2. The fraction of sp³-hybridized carbons (Fsp3) is 0.267. The molecule has 18 N–H and O–H groups in total. The monoisotopic (exact) mass is 688 g/mol. The van der Waals surface area contributed by atoms with Gasteiger partial charge < -0.3 is 33.6 Å². The summed E-state index contributed by atoms with van der Waals surface area (Å²) in [7, 11) is 0. The molecule has 20 nitrogen and oxygen atoms in total. The van der Waals surface area contributed by atoms with E-state index in [1.54, 1.807) is 44.2 Å². The molecule has 2 rings (SSSR count). The number of benzene rings is 2. The lowest BCUT2D eigenvalue weighted by molar-refractivity contribution is 0.101. The highest BCUT2D eigenvalue weighted by atomic mass is 16.1.